The third-order valence-electron chi connectivity index (χ3n) is 5.45. The highest BCUT2D eigenvalue weighted by atomic mass is 32.2. The summed E-state index contributed by atoms with van der Waals surface area (Å²) in [5, 5.41) is 6.39. The zero-order chi connectivity index (χ0) is 25.9. The monoisotopic (exact) mass is 524 g/mol. The average Bonchev–Trinajstić information content (AvgIpc) is 3.26. The van der Waals surface area contributed by atoms with Gasteiger partial charge in [-0.15, -0.1) is 11.3 Å². The highest BCUT2D eigenvalue weighted by Crippen LogP contribution is 2.26. The van der Waals surface area contributed by atoms with E-state index in [0.717, 1.165) is 21.2 Å². The Hall–Kier alpha value is -3.60. The maximum absolute atomic E-state index is 14.7. The van der Waals surface area contributed by atoms with Gasteiger partial charge in [-0.2, -0.15) is 5.10 Å². The SMILES string of the molecule is COc1ccc(/C=N\n2c(-c3ccccc3F)csc2=Nc2cc(S(=O)(=O)N(C)C)ccc2C)cc1. The van der Waals surface area contributed by atoms with Gasteiger partial charge in [0, 0.05) is 25.0 Å². The van der Waals surface area contributed by atoms with Crippen molar-refractivity contribution in [3.63, 3.8) is 0 Å². The standard InChI is InChI=1S/C26H25FN4O3S2/c1-18-9-14-21(36(32,33)30(2)3)15-24(18)29-26-31(28-16-19-10-12-20(34-4)13-11-19)25(17-35-26)22-7-5-6-8-23(22)27/h5-17H,1-4H3/b28-16-,29-26?. The van der Waals surface area contributed by atoms with Gasteiger partial charge in [0.2, 0.25) is 14.8 Å². The Balaban J connectivity index is 1.88. The van der Waals surface area contributed by atoms with E-state index in [1.807, 2.05) is 31.2 Å². The number of benzene rings is 3. The number of methoxy groups -OCH3 is 1. The normalized spacial score (nSPS) is 12.6. The Bertz CT molecular complexity index is 1590. The predicted octanol–water partition coefficient (Wildman–Crippen LogP) is 5.04. The van der Waals surface area contributed by atoms with Crippen molar-refractivity contribution in [2.45, 2.75) is 11.8 Å². The van der Waals surface area contributed by atoms with Crippen molar-refractivity contribution in [3.8, 4) is 17.0 Å². The molecule has 4 rings (SSSR count). The summed E-state index contributed by atoms with van der Waals surface area (Å²) in [6.45, 7) is 1.85. The first-order valence-corrected chi connectivity index (χ1v) is 13.2. The van der Waals surface area contributed by atoms with Gasteiger partial charge in [0.25, 0.3) is 0 Å². The summed E-state index contributed by atoms with van der Waals surface area (Å²) in [7, 11) is 0.923. The van der Waals surface area contributed by atoms with Crippen LogP contribution in [0.15, 0.2) is 87.1 Å². The van der Waals surface area contributed by atoms with Crippen molar-refractivity contribution in [3.05, 3.63) is 93.9 Å². The summed E-state index contributed by atoms with van der Waals surface area (Å²) in [4.78, 5) is 5.33. The van der Waals surface area contributed by atoms with E-state index in [-0.39, 0.29) is 10.7 Å². The first kappa shape index (κ1) is 25.5. The second-order valence-corrected chi connectivity index (χ2v) is 11.0. The molecule has 0 radical (unpaired) electrons. The molecule has 0 amide bonds. The Morgan fingerprint density at radius 1 is 1.06 bits per heavy atom. The first-order valence-electron chi connectivity index (χ1n) is 10.9. The van der Waals surface area contributed by atoms with Crippen LogP contribution in [-0.4, -0.2) is 44.8 Å². The number of sulfonamides is 1. The van der Waals surface area contributed by atoms with E-state index in [0.29, 0.717) is 21.7 Å². The predicted molar refractivity (Wildman–Crippen MR) is 141 cm³/mol. The van der Waals surface area contributed by atoms with Gasteiger partial charge in [0.1, 0.15) is 11.6 Å². The van der Waals surface area contributed by atoms with Crippen LogP contribution in [0.4, 0.5) is 10.1 Å². The van der Waals surface area contributed by atoms with Crippen LogP contribution < -0.4 is 9.54 Å². The minimum atomic E-state index is -3.63. The molecule has 7 nitrogen and oxygen atoms in total. The fourth-order valence-corrected chi connectivity index (χ4v) is 5.10. The molecule has 36 heavy (non-hydrogen) atoms. The number of aryl methyl sites for hydroxylation is 1. The zero-order valence-corrected chi connectivity index (χ0v) is 21.8. The molecular formula is C26H25FN4O3S2. The molecule has 0 spiro atoms. The van der Waals surface area contributed by atoms with Gasteiger partial charge in [0.15, 0.2) is 0 Å². The topological polar surface area (TPSA) is 76.3 Å². The largest absolute Gasteiger partial charge is 0.497 e. The average molecular weight is 525 g/mol. The van der Waals surface area contributed by atoms with Crippen molar-refractivity contribution in [2.75, 3.05) is 21.2 Å². The van der Waals surface area contributed by atoms with E-state index in [1.165, 1.54) is 37.6 Å². The highest BCUT2D eigenvalue weighted by molar-refractivity contribution is 7.89. The summed E-state index contributed by atoms with van der Waals surface area (Å²) in [5.74, 6) is 0.339. The molecule has 0 N–H and O–H groups in total. The number of rotatable bonds is 7. The van der Waals surface area contributed by atoms with Crippen LogP contribution in [0.5, 0.6) is 5.75 Å². The van der Waals surface area contributed by atoms with Crippen molar-refractivity contribution in [2.24, 2.45) is 10.1 Å². The van der Waals surface area contributed by atoms with E-state index in [4.69, 9.17) is 9.73 Å². The van der Waals surface area contributed by atoms with Crippen molar-refractivity contribution in [1.82, 2.24) is 8.98 Å². The molecule has 186 valence electrons. The number of thiazole rings is 1. The highest BCUT2D eigenvalue weighted by Gasteiger charge is 2.18. The second kappa shape index (κ2) is 10.6. The minimum Gasteiger partial charge on any atom is -0.497 e. The minimum absolute atomic E-state index is 0.135. The van der Waals surface area contributed by atoms with E-state index >= 15 is 0 Å². The molecular weight excluding hydrogens is 499 g/mol. The van der Waals surface area contributed by atoms with Gasteiger partial charge >= 0.3 is 0 Å². The molecule has 0 saturated carbocycles. The quantitative estimate of drug-likeness (QED) is 0.318. The first-order chi connectivity index (χ1) is 17.2. The lowest BCUT2D eigenvalue weighted by atomic mass is 10.1. The lowest BCUT2D eigenvalue weighted by Gasteiger charge is -2.12. The van der Waals surface area contributed by atoms with E-state index < -0.39 is 10.0 Å². The van der Waals surface area contributed by atoms with Crippen LogP contribution in [-0.2, 0) is 10.0 Å². The molecule has 0 aliphatic carbocycles. The van der Waals surface area contributed by atoms with Gasteiger partial charge in [-0.3, -0.25) is 0 Å². The number of halogens is 1. The van der Waals surface area contributed by atoms with Crippen LogP contribution >= 0.6 is 11.3 Å². The number of aromatic nitrogens is 1. The Kier molecular flexibility index (Phi) is 7.48. The van der Waals surface area contributed by atoms with Crippen LogP contribution in [0.25, 0.3) is 11.3 Å². The number of nitrogens with zero attached hydrogens (tertiary/aromatic N) is 4. The lowest BCUT2D eigenvalue weighted by molar-refractivity contribution is 0.415. The van der Waals surface area contributed by atoms with E-state index in [2.05, 4.69) is 5.10 Å². The number of hydrogen-bond donors (Lipinski definition) is 0. The van der Waals surface area contributed by atoms with Crippen LogP contribution in [0, 0.1) is 12.7 Å². The molecule has 4 aromatic rings. The zero-order valence-electron chi connectivity index (χ0n) is 20.2. The molecule has 1 aromatic heterocycles. The molecule has 3 aromatic carbocycles. The Morgan fingerprint density at radius 3 is 2.44 bits per heavy atom. The van der Waals surface area contributed by atoms with Gasteiger partial charge < -0.3 is 4.74 Å². The van der Waals surface area contributed by atoms with Crippen LogP contribution in [0.1, 0.15) is 11.1 Å². The Labute approximate surface area is 213 Å². The molecule has 0 atom stereocenters. The van der Waals surface area contributed by atoms with E-state index in [9.17, 15) is 12.8 Å². The van der Waals surface area contributed by atoms with Gasteiger partial charge in [-0.1, -0.05) is 18.2 Å². The van der Waals surface area contributed by atoms with Crippen molar-refractivity contribution < 1.29 is 17.5 Å². The lowest BCUT2D eigenvalue weighted by Crippen LogP contribution is -2.22. The third kappa shape index (κ3) is 5.30. The smallest absolute Gasteiger partial charge is 0.242 e. The molecule has 10 heteroatoms. The van der Waals surface area contributed by atoms with Crippen LogP contribution in [0.3, 0.4) is 0 Å². The molecule has 1 heterocycles. The summed E-state index contributed by atoms with van der Waals surface area (Å²) >= 11 is 1.28. The third-order valence-corrected chi connectivity index (χ3v) is 8.08. The summed E-state index contributed by atoms with van der Waals surface area (Å²) in [6, 6.07) is 18.6. The molecule has 0 saturated heterocycles. The Morgan fingerprint density at radius 2 is 1.78 bits per heavy atom. The maximum Gasteiger partial charge on any atom is 0.242 e. The summed E-state index contributed by atoms with van der Waals surface area (Å²) in [5.41, 5.74) is 2.99. The summed E-state index contributed by atoms with van der Waals surface area (Å²) in [6.07, 6.45) is 1.65. The molecule has 0 aliphatic rings. The van der Waals surface area contributed by atoms with Gasteiger partial charge in [-0.25, -0.2) is 26.8 Å². The molecule has 0 bridgehead atoms. The number of hydrogen-bond acceptors (Lipinski definition) is 6. The maximum atomic E-state index is 14.7. The number of ether oxygens (including phenoxy) is 1. The molecule has 0 fully saturated rings. The van der Waals surface area contributed by atoms with Crippen molar-refractivity contribution in [1.29, 1.82) is 0 Å². The second-order valence-electron chi connectivity index (χ2n) is 8.06. The fourth-order valence-electron chi connectivity index (χ4n) is 3.34. The summed E-state index contributed by atoms with van der Waals surface area (Å²) < 4.78 is 47.9. The molecule has 0 unspecified atom stereocenters. The van der Waals surface area contributed by atoms with E-state index in [1.54, 1.807) is 53.7 Å². The van der Waals surface area contributed by atoms with Crippen LogP contribution in [0.2, 0.25) is 0 Å². The van der Waals surface area contributed by atoms with Crippen molar-refractivity contribution >= 4 is 33.3 Å². The fraction of sp³-hybridized carbons (Fsp3) is 0.154. The molecule has 0 aliphatic heterocycles. The van der Waals surface area contributed by atoms with Gasteiger partial charge in [0.05, 0.1) is 29.6 Å². The van der Waals surface area contributed by atoms with Gasteiger partial charge in [-0.05, 0) is 66.6 Å².